The maximum atomic E-state index is 13.3. The maximum Gasteiger partial charge on any atom is 0.408 e. The Bertz CT molecular complexity index is 1240. The minimum Gasteiger partial charge on any atom is -0.481 e. The van der Waals surface area contributed by atoms with Gasteiger partial charge in [-0.2, -0.15) is 0 Å². The van der Waals surface area contributed by atoms with Gasteiger partial charge < -0.3 is 40.6 Å². The van der Waals surface area contributed by atoms with E-state index in [1.165, 1.54) is 13.8 Å². The molecule has 5 N–H and O–H groups in total. The summed E-state index contributed by atoms with van der Waals surface area (Å²) in [6.07, 6.45) is -3.54. The highest BCUT2D eigenvalue weighted by Crippen LogP contribution is 2.09. The zero-order chi connectivity index (χ0) is 34.8. The Morgan fingerprint density at radius 2 is 1.30 bits per heavy atom. The zero-order valence-electron chi connectivity index (χ0n) is 25.8. The van der Waals surface area contributed by atoms with Crippen molar-refractivity contribution in [1.82, 2.24) is 21.3 Å². The first kappa shape index (κ1) is 38.9. The predicted octanol–water partition coefficient (Wildman–Crippen LogP) is -0.0786. The highest BCUT2D eigenvalue weighted by molar-refractivity contribution is 5.97. The van der Waals surface area contributed by atoms with E-state index in [1.807, 2.05) is 0 Å². The van der Waals surface area contributed by atoms with Gasteiger partial charge in [-0.15, -0.1) is 0 Å². The monoisotopic (exact) mass is 654 g/mol. The molecule has 0 aliphatic carbocycles. The molecular weight excluding hydrogens is 615 g/mol. The minimum atomic E-state index is -1.62. The number of alkyl halides is 1. The number of amides is 4. The Labute approximate surface area is 264 Å². The van der Waals surface area contributed by atoms with Gasteiger partial charge in [-0.3, -0.25) is 33.6 Å². The number of ether oxygens (including phenoxy) is 3. The molecule has 0 aromatic heterocycles. The van der Waals surface area contributed by atoms with Crippen LogP contribution in [0.2, 0.25) is 0 Å². The predicted molar refractivity (Wildman–Crippen MR) is 155 cm³/mol. The Hall–Kier alpha value is -5.09. The highest BCUT2D eigenvalue weighted by atomic mass is 19.1. The van der Waals surface area contributed by atoms with Crippen molar-refractivity contribution < 1.29 is 62.1 Å². The quantitative estimate of drug-likeness (QED) is 0.0974. The van der Waals surface area contributed by atoms with Crippen LogP contribution in [-0.2, 0) is 54.4 Å². The van der Waals surface area contributed by atoms with Gasteiger partial charge in [-0.05, 0) is 17.9 Å². The van der Waals surface area contributed by atoms with E-state index in [1.54, 1.807) is 30.3 Å². The number of alkyl carbamates (subject to hydrolysis) is 1. The molecular formula is C29H39FN4O12. The van der Waals surface area contributed by atoms with Crippen LogP contribution in [0.1, 0.15) is 45.1 Å². The third-order valence-corrected chi connectivity index (χ3v) is 6.38. The van der Waals surface area contributed by atoms with Crippen LogP contribution in [0.4, 0.5) is 9.18 Å². The summed E-state index contributed by atoms with van der Waals surface area (Å²) in [5, 5.41) is 18.2. The lowest BCUT2D eigenvalue weighted by atomic mass is 10.0. The Morgan fingerprint density at radius 3 is 1.83 bits per heavy atom. The molecule has 254 valence electrons. The number of nitrogens with one attached hydrogen (secondary N) is 4. The molecule has 1 rings (SSSR count). The molecule has 1 aromatic rings. The van der Waals surface area contributed by atoms with E-state index in [-0.39, 0.29) is 6.61 Å². The molecule has 0 saturated heterocycles. The highest BCUT2D eigenvalue weighted by Gasteiger charge is 2.34. The van der Waals surface area contributed by atoms with Gasteiger partial charge in [0, 0.05) is 6.42 Å². The van der Waals surface area contributed by atoms with E-state index in [4.69, 9.17) is 4.74 Å². The summed E-state index contributed by atoms with van der Waals surface area (Å²) in [6, 6.07) is 2.32. The second-order valence-corrected chi connectivity index (χ2v) is 10.2. The van der Waals surface area contributed by atoms with Crippen LogP contribution < -0.4 is 21.3 Å². The molecule has 1 aromatic carbocycles. The third kappa shape index (κ3) is 14.1. The molecule has 17 heteroatoms. The summed E-state index contributed by atoms with van der Waals surface area (Å²) >= 11 is 0. The lowest BCUT2D eigenvalue weighted by Crippen LogP contribution is -2.59. The molecule has 0 heterocycles. The lowest BCUT2D eigenvalue weighted by Gasteiger charge is -2.27. The number of esters is 2. The van der Waals surface area contributed by atoms with Crippen LogP contribution in [0.3, 0.4) is 0 Å². The second-order valence-electron chi connectivity index (χ2n) is 10.2. The lowest BCUT2D eigenvalue weighted by molar-refractivity contribution is -0.144. The number of ketones is 1. The van der Waals surface area contributed by atoms with Crippen LogP contribution in [-0.4, -0.2) is 97.7 Å². The van der Waals surface area contributed by atoms with Crippen molar-refractivity contribution in [1.29, 1.82) is 0 Å². The van der Waals surface area contributed by atoms with Gasteiger partial charge in [0.1, 0.15) is 37.4 Å². The smallest absolute Gasteiger partial charge is 0.408 e. The van der Waals surface area contributed by atoms with Crippen molar-refractivity contribution in [2.45, 2.75) is 70.3 Å². The summed E-state index contributed by atoms with van der Waals surface area (Å²) in [7, 11) is 2.07. The van der Waals surface area contributed by atoms with Gasteiger partial charge in [0.15, 0.2) is 5.78 Å². The van der Waals surface area contributed by atoms with E-state index >= 15 is 0 Å². The van der Waals surface area contributed by atoms with Crippen LogP contribution in [0.15, 0.2) is 30.3 Å². The number of hydrogen-bond donors (Lipinski definition) is 5. The number of hydrogen-bond acceptors (Lipinski definition) is 11. The van der Waals surface area contributed by atoms with Gasteiger partial charge in [-0.25, -0.2) is 9.18 Å². The Morgan fingerprint density at radius 1 is 0.761 bits per heavy atom. The standard InChI is InChI=1S/C29H39FN4O12/c1-16(2)25(28(42)32-19(21(35)14-30)12-23(38)44-3)34-26(40)18(10-11-22(36)37)31-27(41)20(13-24(39)45-4)33-29(43)46-15-17-8-6-5-7-9-17/h5-9,16,18-20,25H,10-15H2,1-4H3,(H,31,41)(H,32,42)(H,33,43)(H,34,40)(H,36,37). The zero-order valence-corrected chi connectivity index (χ0v) is 25.8. The first-order chi connectivity index (χ1) is 21.7. The van der Waals surface area contributed by atoms with E-state index in [2.05, 4.69) is 30.7 Å². The number of carboxylic acid groups (broad SMARTS) is 1. The number of carboxylic acids is 1. The van der Waals surface area contributed by atoms with Crippen LogP contribution in [0.5, 0.6) is 0 Å². The van der Waals surface area contributed by atoms with Crippen molar-refractivity contribution in [3.05, 3.63) is 35.9 Å². The average molecular weight is 655 g/mol. The topological polar surface area (TPSA) is 233 Å². The number of rotatable bonds is 19. The molecule has 0 bridgehead atoms. The summed E-state index contributed by atoms with van der Waals surface area (Å²) in [5.41, 5.74) is 0.631. The van der Waals surface area contributed by atoms with E-state index in [0.717, 1.165) is 14.2 Å². The fraction of sp³-hybridized carbons (Fsp3) is 0.517. The molecule has 16 nitrogen and oxygen atoms in total. The van der Waals surface area contributed by atoms with Gasteiger partial charge in [0.25, 0.3) is 0 Å². The molecule has 4 amide bonds. The number of carbonyl (C=O) groups is 8. The van der Waals surface area contributed by atoms with Gasteiger partial charge in [-0.1, -0.05) is 44.2 Å². The SMILES string of the molecule is COC(=O)CC(NC(=O)C(NC(=O)C(CCC(=O)O)NC(=O)C(CC(=O)OC)NC(=O)OCc1ccccc1)C(C)C)C(=O)CF. The van der Waals surface area contributed by atoms with Crippen LogP contribution >= 0.6 is 0 Å². The van der Waals surface area contributed by atoms with Crippen LogP contribution in [0, 0.1) is 5.92 Å². The number of aliphatic carboxylic acids is 1. The van der Waals surface area contributed by atoms with Crippen LogP contribution in [0.25, 0.3) is 0 Å². The van der Waals surface area contributed by atoms with Gasteiger partial charge in [0.05, 0.1) is 27.1 Å². The molecule has 4 unspecified atom stereocenters. The first-order valence-corrected chi connectivity index (χ1v) is 14.0. The Balaban J connectivity index is 3.13. The van der Waals surface area contributed by atoms with Crippen molar-refractivity contribution in [3.63, 3.8) is 0 Å². The largest absolute Gasteiger partial charge is 0.481 e. The van der Waals surface area contributed by atoms with Gasteiger partial charge >= 0.3 is 24.0 Å². The number of benzene rings is 1. The summed E-state index contributed by atoms with van der Waals surface area (Å²) in [5.74, 6) is -8.01. The number of halogens is 1. The van der Waals surface area contributed by atoms with E-state index in [0.29, 0.717) is 5.56 Å². The number of carbonyl (C=O) groups excluding carboxylic acids is 7. The molecule has 4 atom stereocenters. The summed E-state index contributed by atoms with van der Waals surface area (Å²) < 4.78 is 27.2. The maximum absolute atomic E-state index is 13.3. The average Bonchev–Trinajstić information content (AvgIpc) is 3.03. The Kier molecular flexibility index (Phi) is 17.0. The third-order valence-electron chi connectivity index (χ3n) is 6.38. The number of Topliss-reactive ketones (excluding diaryl/α,β-unsaturated/α-hetero) is 1. The van der Waals surface area contributed by atoms with Crippen molar-refractivity contribution in [2.75, 3.05) is 20.9 Å². The normalized spacial score (nSPS) is 13.2. The van der Waals surface area contributed by atoms with Gasteiger partial charge in [0.2, 0.25) is 17.7 Å². The van der Waals surface area contributed by atoms with E-state index in [9.17, 15) is 47.9 Å². The number of methoxy groups -OCH3 is 2. The summed E-state index contributed by atoms with van der Waals surface area (Å²) in [4.78, 5) is 98.9. The molecule has 0 spiro atoms. The second kappa shape index (κ2) is 20.0. The fourth-order valence-electron chi connectivity index (χ4n) is 3.81. The van der Waals surface area contributed by atoms with Crippen molar-refractivity contribution in [2.24, 2.45) is 5.92 Å². The summed E-state index contributed by atoms with van der Waals surface area (Å²) in [6.45, 7) is 1.36. The molecule has 0 radical (unpaired) electrons. The molecule has 0 fully saturated rings. The molecule has 0 aliphatic heterocycles. The van der Waals surface area contributed by atoms with Crippen molar-refractivity contribution in [3.8, 4) is 0 Å². The van der Waals surface area contributed by atoms with E-state index < -0.39 is 110 Å². The fourth-order valence-corrected chi connectivity index (χ4v) is 3.81. The molecule has 0 aliphatic rings. The molecule has 46 heavy (non-hydrogen) atoms. The van der Waals surface area contributed by atoms with Crippen molar-refractivity contribution >= 4 is 47.5 Å². The first-order valence-electron chi connectivity index (χ1n) is 14.0. The minimum absolute atomic E-state index is 0.168. The molecule has 0 saturated carbocycles.